The second-order valence-corrected chi connectivity index (χ2v) is 11.6. The third kappa shape index (κ3) is 4.77. The number of amides is 2. The molecule has 36 heavy (non-hydrogen) atoms. The second-order valence-electron chi connectivity index (χ2n) is 8.34. The molecule has 0 radical (unpaired) electrons. The first-order chi connectivity index (χ1) is 17.3. The Balaban J connectivity index is 1.26. The van der Waals surface area contributed by atoms with Crippen molar-refractivity contribution in [3.63, 3.8) is 0 Å². The molecule has 1 atom stereocenters. The number of aryl methyl sites for hydroxylation is 1. The van der Waals surface area contributed by atoms with Crippen LogP contribution in [0.4, 0.5) is 21.6 Å². The largest absolute Gasteiger partial charge is 0.352 e. The van der Waals surface area contributed by atoms with Gasteiger partial charge in [-0.15, -0.1) is 10.2 Å². The molecule has 12 nitrogen and oxygen atoms in total. The van der Waals surface area contributed by atoms with E-state index < -0.39 is 21.2 Å². The van der Waals surface area contributed by atoms with Gasteiger partial charge in [-0.3, -0.25) is 15.6 Å². The van der Waals surface area contributed by atoms with E-state index in [1.165, 1.54) is 29.8 Å². The molecule has 0 saturated carbocycles. The van der Waals surface area contributed by atoms with Crippen LogP contribution in [-0.2, 0) is 16.3 Å². The van der Waals surface area contributed by atoms with E-state index in [2.05, 4.69) is 41.1 Å². The van der Waals surface area contributed by atoms with Crippen LogP contribution in [0, 0.1) is 0 Å². The maximum absolute atomic E-state index is 12.9. The van der Waals surface area contributed by atoms with Crippen LogP contribution in [0.2, 0.25) is 0 Å². The normalized spacial score (nSPS) is 15.2. The molecule has 0 fully saturated rings. The number of sulfone groups is 1. The lowest BCUT2D eigenvalue weighted by Crippen LogP contribution is -2.33. The summed E-state index contributed by atoms with van der Waals surface area (Å²) in [6.45, 7) is 4.03. The zero-order valence-corrected chi connectivity index (χ0v) is 21.0. The van der Waals surface area contributed by atoms with Gasteiger partial charge in [0.05, 0.1) is 9.77 Å². The number of aromatic nitrogens is 6. The number of fused-ring (bicyclic) bond motifs is 1. The topological polar surface area (TPSA) is 157 Å². The zero-order valence-electron chi connectivity index (χ0n) is 19.4. The van der Waals surface area contributed by atoms with Crippen molar-refractivity contribution in [3.8, 4) is 11.5 Å². The summed E-state index contributed by atoms with van der Waals surface area (Å²) >= 11 is 1.29. The van der Waals surface area contributed by atoms with E-state index in [9.17, 15) is 13.2 Å². The minimum absolute atomic E-state index is 0.153. The maximum Gasteiger partial charge on any atom is 0.326 e. The van der Waals surface area contributed by atoms with Crippen molar-refractivity contribution in [2.24, 2.45) is 0 Å². The SMILES string of the molecule is CC(C)n1cnnc1-c1cccc(NC(=O)Nc2nc3c(s2)CCC(S(=O)(=O)c2cccnc2)N3)n1. The van der Waals surface area contributed by atoms with Gasteiger partial charge in [-0.25, -0.2) is 23.2 Å². The first-order valence-electron chi connectivity index (χ1n) is 11.2. The van der Waals surface area contributed by atoms with Gasteiger partial charge in [-0.2, -0.15) is 0 Å². The molecule has 5 heterocycles. The summed E-state index contributed by atoms with van der Waals surface area (Å²) in [7, 11) is -3.62. The predicted octanol–water partition coefficient (Wildman–Crippen LogP) is 3.57. The lowest BCUT2D eigenvalue weighted by Gasteiger charge is -2.23. The molecule has 2 amide bonds. The number of hydrogen-bond donors (Lipinski definition) is 3. The van der Waals surface area contributed by atoms with Crippen LogP contribution in [0.1, 0.15) is 31.2 Å². The quantitative estimate of drug-likeness (QED) is 0.342. The molecule has 1 aliphatic rings. The molecule has 1 aliphatic heterocycles. The molecule has 4 aromatic rings. The molecule has 14 heteroatoms. The first-order valence-corrected chi connectivity index (χ1v) is 13.5. The number of carbonyl (C=O) groups is 1. The number of anilines is 3. The molecule has 0 saturated heterocycles. The van der Waals surface area contributed by atoms with E-state index >= 15 is 0 Å². The average molecular weight is 526 g/mol. The molecular formula is C22H23N9O3S2. The van der Waals surface area contributed by atoms with Crippen molar-refractivity contribution >= 4 is 44.0 Å². The van der Waals surface area contributed by atoms with E-state index in [0.717, 1.165) is 4.88 Å². The van der Waals surface area contributed by atoms with Crippen molar-refractivity contribution in [2.45, 2.75) is 43.0 Å². The van der Waals surface area contributed by atoms with Crippen LogP contribution in [0.25, 0.3) is 11.5 Å². The summed E-state index contributed by atoms with van der Waals surface area (Å²) in [4.78, 5) is 26.4. The lowest BCUT2D eigenvalue weighted by atomic mass is 10.2. The molecule has 0 aromatic carbocycles. The fourth-order valence-corrected chi connectivity index (χ4v) is 6.20. The summed E-state index contributed by atoms with van der Waals surface area (Å²) < 4.78 is 27.8. The number of hydrogen-bond acceptors (Lipinski definition) is 10. The van der Waals surface area contributed by atoms with Crippen molar-refractivity contribution in [1.82, 2.24) is 29.7 Å². The van der Waals surface area contributed by atoms with E-state index in [0.29, 0.717) is 41.1 Å². The molecule has 3 N–H and O–H groups in total. The highest BCUT2D eigenvalue weighted by molar-refractivity contribution is 7.92. The number of urea groups is 1. The minimum Gasteiger partial charge on any atom is -0.352 e. The van der Waals surface area contributed by atoms with Crippen LogP contribution < -0.4 is 16.0 Å². The summed E-state index contributed by atoms with van der Waals surface area (Å²) in [5, 5.41) is 16.0. The Bertz CT molecular complexity index is 1500. The Hall–Kier alpha value is -3.91. The van der Waals surface area contributed by atoms with Gasteiger partial charge in [0.2, 0.25) is 9.84 Å². The molecule has 1 unspecified atom stereocenters. The Morgan fingerprint density at radius 1 is 1.19 bits per heavy atom. The molecule has 186 valence electrons. The van der Waals surface area contributed by atoms with E-state index in [-0.39, 0.29) is 10.9 Å². The van der Waals surface area contributed by atoms with Crippen LogP contribution in [0.15, 0.2) is 53.9 Å². The third-order valence-corrected chi connectivity index (χ3v) is 8.57. The van der Waals surface area contributed by atoms with Crippen LogP contribution in [-0.4, -0.2) is 49.5 Å². The fourth-order valence-electron chi connectivity index (χ4n) is 3.76. The standard InChI is InChI=1S/C22H23N9O3S2/c1-13(2)31-12-24-30-20(31)15-6-3-7-17(25-15)26-21(32)29-22-28-19-16(35-22)8-9-18(27-19)36(33,34)14-5-4-10-23-11-14/h3-7,10-13,18,27H,8-9H2,1-2H3,(H2,25,26,28,29,32). The summed E-state index contributed by atoms with van der Waals surface area (Å²) in [5.74, 6) is 1.39. The van der Waals surface area contributed by atoms with Crippen LogP contribution in [0.3, 0.4) is 0 Å². The van der Waals surface area contributed by atoms with Crippen molar-refractivity contribution in [3.05, 3.63) is 53.9 Å². The fraction of sp³-hybridized carbons (Fsp3) is 0.273. The van der Waals surface area contributed by atoms with E-state index in [1.807, 2.05) is 18.4 Å². The number of nitrogens with one attached hydrogen (secondary N) is 3. The van der Waals surface area contributed by atoms with Gasteiger partial charge < -0.3 is 9.88 Å². The molecule has 0 aliphatic carbocycles. The maximum atomic E-state index is 12.9. The highest BCUT2D eigenvalue weighted by Crippen LogP contribution is 2.35. The predicted molar refractivity (Wildman–Crippen MR) is 136 cm³/mol. The number of rotatable bonds is 6. The highest BCUT2D eigenvalue weighted by atomic mass is 32.2. The Morgan fingerprint density at radius 3 is 2.83 bits per heavy atom. The Kier molecular flexibility index (Phi) is 6.36. The van der Waals surface area contributed by atoms with Crippen LogP contribution in [0.5, 0.6) is 0 Å². The third-order valence-electron chi connectivity index (χ3n) is 5.54. The number of pyridine rings is 2. The van der Waals surface area contributed by atoms with Gasteiger partial charge >= 0.3 is 6.03 Å². The number of nitrogens with zero attached hydrogens (tertiary/aromatic N) is 6. The van der Waals surface area contributed by atoms with Crippen LogP contribution >= 0.6 is 11.3 Å². The molecule has 0 spiro atoms. The highest BCUT2D eigenvalue weighted by Gasteiger charge is 2.33. The van der Waals surface area contributed by atoms with Crippen molar-refractivity contribution in [2.75, 3.05) is 16.0 Å². The van der Waals surface area contributed by atoms with Crippen molar-refractivity contribution < 1.29 is 13.2 Å². The van der Waals surface area contributed by atoms with Gasteiger partial charge in [0.15, 0.2) is 11.0 Å². The molecule has 0 bridgehead atoms. The van der Waals surface area contributed by atoms with Gasteiger partial charge in [0, 0.05) is 18.4 Å². The summed E-state index contributed by atoms with van der Waals surface area (Å²) in [6.07, 6.45) is 5.40. The Labute approximate surface area is 211 Å². The minimum atomic E-state index is -3.62. The monoisotopic (exact) mass is 525 g/mol. The molecular weight excluding hydrogens is 502 g/mol. The van der Waals surface area contributed by atoms with Crippen molar-refractivity contribution in [1.29, 1.82) is 0 Å². The number of carbonyl (C=O) groups excluding carboxylic acids is 1. The smallest absolute Gasteiger partial charge is 0.326 e. The zero-order chi connectivity index (χ0) is 25.3. The first kappa shape index (κ1) is 23.8. The van der Waals surface area contributed by atoms with Gasteiger partial charge in [-0.1, -0.05) is 17.4 Å². The molecule has 4 aromatic heterocycles. The summed E-state index contributed by atoms with van der Waals surface area (Å²) in [5.41, 5.74) is 0.578. The van der Waals surface area contributed by atoms with Gasteiger partial charge in [0.1, 0.15) is 29.0 Å². The van der Waals surface area contributed by atoms with Gasteiger partial charge in [-0.05, 0) is 51.0 Å². The van der Waals surface area contributed by atoms with E-state index in [4.69, 9.17) is 0 Å². The second kappa shape index (κ2) is 9.62. The average Bonchev–Trinajstić information content (AvgIpc) is 3.51. The number of thiazole rings is 1. The lowest BCUT2D eigenvalue weighted by molar-refractivity contribution is 0.262. The molecule has 5 rings (SSSR count). The summed E-state index contributed by atoms with van der Waals surface area (Å²) in [6, 6.07) is 7.98. The van der Waals surface area contributed by atoms with E-state index in [1.54, 1.807) is 30.6 Å². The Morgan fingerprint density at radius 2 is 2.06 bits per heavy atom. The van der Waals surface area contributed by atoms with Gasteiger partial charge in [0.25, 0.3) is 0 Å².